The van der Waals surface area contributed by atoms with Crippen LogP contribution in [0.4, 0.5) is 10.8 Å². The molecular formula is C20H23N3O3S2. The minimum Gasteiger partial charge on any atom is -0.302 e. The van der Waals surface area contributed by atoms with E-state index in [9.17, 15) is 13.2 Å². The van der Waals surface area contributed by atoms with E-state index in [1.165, 1.54) is 11.3 Å². The van der Waals surface area contributed by atoms with Crippen molar-refractivity contribution in [1.29, 1.82) is 0 Å². The summed E-state index contributed by atoms with van der Waals surface area (Å²) < 4.78 is 27.1. The van der Waals surface area contributed by atoms with Crippen molar-refractivity contribution in [3.05, 3.63) is 29.5 Å². The second kappa shape index (κ2) is 6.56. The van der Waals surface area contributed by atoms with Gasteiger partial charge in [-0.1, -0.05) is 17.4 Å². The second-order valence-electron chi connectivity index (χ2n) is 7.96. The molecule has 6 nitrogen and oxygen atoms in total. The summed E-state index contributed by atoms with van der Waals surface area (Å²) in [6, 6.07) is 6.01. The highest BCUT2D eigenvalue weighted by atomic mass is 32.2. The lowest BCUT2D eigenvalue weighted by Gasteiger charge is -2.31. The predicted molar refractivity (Wildman–Crippen MR) is 111 cm³/mol. The molecule has 1 aromatic heterocycles. The zero-order chi connectivity index (χ0) is 19.5. The first-order valence-electron chi connectivity index (χ1n) is 9.86. The molecule has 1 aromatic carbocycles. The van der Waals surface area contributed by atoms with E-state index in [4.69, 9.17) is 0 Å². The summed E-state index contributed by atoms with van der Waals surface area (Å²) in [6.45, 7) is 2.52. The van der Waals surface area contributed by atoms with Crippen LogP contribution in [0.1, 0.15) is 43.4 Å². The van der Waals surface area contributed by atoms with Crippen molar-refractivity contribution in [3.8, 4) is 10.4 Å². The van der Waals surface area contributed by atoms with Crippen molar-refractivity contribution < 1.29 is 13.2 Å². The van der Waals surface area contributed by atoms with Gasteiger partial charge in [-0.2, -0.15) is 0 Å². The van der Waals surface area contributed by atoms with Crippen molar-refractivity contribution in [2.75, 3.05) is 16.2 Å². The van der Waals surface area contributed by atoms with Crippen molar-refractivity contribution in [1.82, 2.24) is 4.98 Å². The van der Waals surface area contributed by atoms with Crippen molar-refractivity contribution >= 4 is 38.1 Å². The fourth-order valence-electron chi connectivity index (χ4n) is 3.78. The molecule has 3 aliphatic rings. The Hall–Kier alpha value is -1.93. The van der Waals surface area contributed by atoms with Gasteiger partial charge in [0.15, 0.2) is 5.13 Å². The summed E-state index contributed by atoms with van der Waals surface area (Å²) in [7, 11) is -3.22. The van der Waals surface area contributed by atoms with Gasteiger partial charge in [0.1, 0.15) is 0 Å². The molecular weight excluding hydrogens is 394 g/mol. The number of sulfonamides is 1. The van der Waals surface area contributed by atoms with Crippen LogP contribution in [0.2, 0.25) is 0 Å². The Morgan fingerprint density at radius 3 is 2.75 bits per heavy atom. The first-order valence-corrected chi connectivity index (χ1v) is 12.2. The molecule has 28 heavy (non-hydrogen) atoms. The summed E-state index contributed by atoms with van der Waals surface area (Å²) >= 11 is 1.48. The third kappa shape index (κ3) is 3.22. The van der Waals surface area contributed by atoms with Gasteiger partial charge in [0.25, 0.3) is 0 Å². The molecule has 2 heterocycles. The van der Waals surface area contributed by atoms with Crippen LogP contribution in [0.3, 0.4) is 0 Å². The number of anilines is 2. The number of hydrogen-bond acceptors (Lipinski definition) is 5. The van der Waals surface area contributed by atoms with Crippen molar-refractivity contribution in [2.45, 2.75) is 50.7 Å². The number of aromatic nitrogens is 1. The molecule has 2 saturated carbocycles. The van der Waals surface area contributed by atoms with Gasteiger partial charge in [-0.15, -0.1) is 0 Å². The number of carbonyl (C=O) groups excluding carboxylic acids is 1. The standard InChI is InChI=1S/C20H23N3O3S2/c1-12-18(27-20(21-12)22-19(24)13-4-5-13)15-6-9-17-14(11-15)3-2-10-23(17)28(25,26)16-7-8-16/h6,9,11,13,16H,2-5,7-8,10H2,1H3,(H,21,22,24). The average molecular weight is 418 g/mol. The van der Waals surface area contributed by atoms with Gasteiger partial charge >= 0.3 is 0 Å². The third-order valence-corrected chi connectivity index (χ3v) is 9.07. The monoisotopic (exact) mass is 417 g/mol. The van der Waals surface area contributed by atoms with E-state index in [0.29, 0.717) is 11.7 Å². The van der Waals surface area contributed by atoms with Crippen LogP contribution >= 0.6 is 11.3 Å². The lowest BCUT2D eigenvalue weighted by atomic mass is 10.00. The molecule has 2 aliphatic carbocycles. The molecule has 2 fully saturated rings. The molecule has 0 spiro atoms. The van der Waals surface area contributed by atoms with E-state index in [2.05, 4.69) is 16.4 Å². The zero-order valence-electron chi connectivity index (χ0n) is 15.8. The van der Waals surface area contributed by atoms with Crippen LogP contribution in [0.15, 0.2) is 18.2 Å². The number of nitrogens with one attached hydrogen (secondary N) is 1. The Morgan fingerprint density at radius 1 is 1.25 bits per heavy atom. The van der Waals surface area contributed by atoms with Crippen LogP contribution in [0.25, 0.3) is 10.4 Å². The smallest absolute Gasteiger partial charge is 0.238 e. The van der Waals surface area contributed by atoms with Gasteiger partial charge in [-0.3, -0.25) is 9.10 Å². The molecule has 0 unspecified atom stereocenters. The van der Waals surface area contributed by atoms with Gasteiger partial charge in [-0.25, -0.2) is 13.4 Å². The average Bonchev–Trinajstić information content (AvgIpc) is 3.57. The summed E-state index contributed by atoms with van der Waals surface area (Å²) in [5, 5.41) is 3.37. The van der Waals surface area contributed by atoms with Gasteiger partial charge in [-0.05, 0) is 68.7 Å². The highest BCUT2D eigenvalue weighted by Gasteiger charge is 2.41. The third-order valence-electron chi connectivity index (χ3n) is 5.65. The van der Waals surface area contributed by atoms with Crippen molar-refractivity contribution in [3.63, 3.8) is 0 Å². The summed E-state index contributed by atoms with van der Waals surface area (Å²) in [5.41, 5.74) is 3.82. The van der Waals surface area contributed by atoms with Crippen LogP contribution in [0, 0.1) is 12.8 Å². The lowest BCUT2D eigenvalue weighted by Crippen LogP contribution is -2.37. The Morgan fingerprint density at radius 2 is 2.04 bits per heavy atom. The maximum atomic E-state index is 12.8. The van der Waals surface area contributed by atoms with Crippen LogP contribution in [-0.2, 0) is 21.2 Å². The Bertz CT molecular complexity index is 1050. The van der Waals surface area contributed by atoms with Crippen LogP contribution < -0.4 is 9.62 Å². The molecule has 1 amide bonds. The number of thiazole rings is 1. The molecule has 5 rings (SSSR count). The number of fused-ring (bicyclic) bond motifs is 1. The minimum absolute atomic E-state index is 0.0617. The maximum absolute atomic E-state index is 12.8. The number of nitrogens with zero attached hydrogens (tertiary/aromatic N) is 2. The number of hydrogen-bond donors (Lipinski definition) is 1. The quantitative estimate of drug-likeness (QED) is 0.804. The zero-order valence-corrected chi connectivity index (χ0v) is 17.4. The van der Waals surface area contributed by atoms with E-state index in [0.717, 1.165) is 65.9 Å². The number of benzene rings is 1. The largest absolute Gasteiger partial charge is 0.302 e. The van der Waals surface area contributed by atoms with Gasteiger partial charge in [0.05, 0.1) is 21.5 Å². The SMILES string of the molecule is Cc1nc(NC(=O)C2CC2)sc1-c1ccc2c(c1)CCCN2S(=O)(=O)C1CC1. The highest BCUT2D eigenvalue weighted by molar-refractivity contribution is 7.93. The maximum Gasteiger partial charge on any atom is 0.238 e. The number of amides is 1. The molecule has 2 aromatic rings. The van der Waals surface area contributed by atoms with Crippen molar-refractivity contribution in [2.24, 2.45) is 5.92 Å². The first kappa shape index (κ1) is 18.1. The normalized spacial score (nSPS) is 19.4. The minimum atomic E-state index is -3.22. The number of carbonyl (C=O) groups is 1. The fraction of sp³-hybridized carbons (Fsp3) is 0.500. The lowest BCUT2D eigenvalue weighted by molar-refractivity contribution is -0.117. The molecule has 8 heteroatoms. The fourth-order valence-corrected chi connectivity index (χ4v) is 6.68. The summed E-state index contributed by atoms with van der Waals surface area (Å²) in [4.78, 5) is 17.5. The molecule has 0 atom stereocenters. The molecule has 1 aliphatic heterocycles. The number of rotatable bonds is 5. The molecule has 0 saturated heterocycles. The molecule has 0 bridgehead atoms. The van der Waals surface area contributed by atoms with Gasteiger partial charge in [0.2, 0.25) is 15.9 Å². The first-order chi connectivity index (χ1) is 13.4. The van der Waals surface area contributed by atoms with E-state index in [1.807, 2.05) is 19.1 Å². The number of aryl methyl sites for hydroxylation is 2. The van der Waals surface area contributed by atoms with Crippen LogP contribution in [0.5, 0.6) is 0 Å². The highest BCUT2D eigenvalue weighted by Crippen LogP contribution is 2.41. The molecule has 1 N–H and O–H groups in total. The van der Waals surface area contributed by atoms with Crippen LogP contribution in [-0.4, -0.2) is 31.1 Å². The molecule has 0 radical (unpaired) electrons. The van der Waals surface area contributed by atoms with Gasteiger partial charge in [0, 0.05) is 12.5 Å². The topological polar surface area (TPSA) is 79.4 Å². The second-order valence-corrected chi connectivity index (χ2v) is 11.1. The van der Waals surface area contributed by atoms with E-state index < -0.39 is 10.0 Å². The molecule has 148 valence electrons. The van der Waals surface area contributed by atoms with E-state index in [-0.39, 0.29) is 17.1 Å². The predicted octanol–water partition coefficient (Wildman–Crippen LogP) is 3.71. The van der Waals surface area contributed by atoms with E-state index in [1.54, 1.807) is 4.31 Å². The Labute approximate surface area is 169 Å². The Kier molecular flexibility index (Phi) is 4.24. The van der Waals surface area contributed by atoms with E-state index >= 15 is 0 Å². The van der Waals surface area contributed by atoms with Gasteiger partial charge < -0.3 is 5.32 Å². The summed E-state index contributed by atoms with van der Waals surface area (Å²) in [6.07, 6.45) is 5.21. The summed E-state index contributed by atoms with van der Waals surface area (Å²) in [5.74, 6) is 0.211. The Balaban J connectivity index is 1.44.